The van der Waals surface area contributed by atoms with Gasteiger partial charge in [0.15, 0.2) is 0 Å². The average molecular weight is 272 g/mol. The summed E-state index contributed by atoms with van der Waals surface area (Å²) in [5, 5.41) is 6.50. The maximum atomic E-state index is 12.0. The molecule has 2 unspecified atom stereocenters. The molecular formula is C17H24N2O. The number of carbonyl (C=O) groups is 1. The van der Waals surface area contributed by atoms with Crippen LogP contribution in [0.25, 0.3) is 0 Å². The summed E-state index contributed by atoms with van der Waals surface area (Å²) in [4.78, 5) is 12.0. The zero-order valence-corrected chi connectivity index (χ0v) is 12.2. The lowest BCUT2D eigenvalue weighted by Gasteiger charge is -2.22. The van der Waals surface area contributed by atoms with Gasteiger partial charge in [-0.15, -0.1) is 0 Å². The molecule has 2 aliphatic rings. The van der Waals surface area contributed by atoms with Crippen LogP contribution >= 0.6 is 0 Å². The molecule has 2 N–H and O–H groups in total. The molecule has 1 aliphatic heterocycles. The molecule has 1 fully saturated rings. The third kappa shape index (κ3) is 2.88. The normalized spacial score (nSPS) is 23.9. The molecule has 1 amide bonds. The predicted molar refractivity (Wildman–Crippen MR) is 80.7 cm³/mol. The Morgan fingerprint density at radius 2 is 2.05 bits per heavy atom. The third-order valence-electron chi connectivity index (χ3n) is 4.61. The van der Waals surface area contributed by atoms with E-state index < -0.39 is 0 Å². The van der Waals surface area contributed by atoms with Gasteiger partial charge in [0.2, 0.25) is 5.91 Å². The minimum absolute atomic E-state index is 0.0410. The van der Waals surface area contributed by atoms with E-state index in [0.29, 0.717) is 0 Å². The van der Waals surface area contributed by atoms with Gasteiger partial charge in [-0.25, -0.2) is 0 Å². The van der Waals surface area contributed by atoms with Gasteiger partial charge in [0, 0.05) is 12.6 Å². The van der Waals surface area contributed by atoms with E-state index in [0.717, 1.165) is 25.8 Å². The Morgan fingerprint density at radius 3 is 2.95 bits per heavy atom. The van der Waals surface area contributed by atoms with Gasteiger partial charge in [0.05, 0.1) is 6.04 Å². The number of aryl methyl sites for hydroxylation is 2. The van der Waals surface area contributed by atoms with E-state index in [1.54, 1.807) is 0 Å². The molecular weight excluding hydrogens is 248 g/mol. The first-order chi connectivity index (χ1) is 9.74. The summed E-state index contributed by atoms with van der Waals surface area (Å²) < 4.78 is 0. The van der Waals surface area contributed by atoms with Crippen LogP contribution in [0.5, 0.6) is 0 Å². The number of amides is 1. The fraction of sp³-hybridized carbons (Fsp3) is 0.588. The monoisotopic (exact) mass is 272 g/mol. The van der Waals surface area contributed by atoms with E-state index in [9.17, 15) is 4.79 Å². The summed E-state index contributed by atoms with van der Waals surface area (Å²) in [6, 6.07) is 7.00. The number of benzene rings is 1. The highest BCUT2D eigenvalue weighted by Gasteiger charge is 2.23. The van der Waals surface area contributed by atoms with Crippen LogP contribution in [0.3, 0.4) is 0 Å². The zero-order chi connectivity index (χ0) is 13.9. The van der Waals surface area contributed by atoms with Gasteiger partial charge in [-0.3, -0.25) is 10.1 Å². The number of carbonyl (C=O) groups excluding carboxylic acids is 1. The van der Waals surface area contributed by atoms with Crippen molar-refractivity contribution >= 4 is 5.91 Å². The number of nitrogens with one attached hydrogen (secondary N) is 2. The summed E-state index contributed by atoms with van der Waals surface area (Å²) >= 11 is 0. The predicted octanol–water partition coefficient (Wildman–Crippen LogP) is 2.49. The van der Waals surface area contributed by atoms with Crippen molar-refractivity contribution in [1.29, 1.82) is 0 Å². The summed E-state index contributed by atoms with van der Waals surface area (Å²) in [7, 11) is 0. The molecule has 3 heteroatoms. The first-order valence-corrected chi connectivity index (χ1v) is 7.89. The van der Waals surface area contributed by atoms with Gasteiger partial charge in [0.25, 0.3) is 0 Å². The summed E-state index contributed by atoms with van der Waals surface area (Å²) in [5.41, 5.74) is 4.32. The molecule has 0 aromatic heterocycles. The zero-order valence-electron chi connectivity index (χ0n) is 12.2. The molecule has 0 radical (unpaired) electrons. The summed E-state index contributed by atoms with van der Waals surface area (Å²) in [6.45, 7) is 2.99. The van der Waals surface area contributed by atoms with E-state index in [2.05, 4.69) is 35.8 Å². The molecule has 2 atom stereocenters. The molecule has 3 rings (SSSR count). The van der Waals surface area contributed by atoms with Gasteiger partial charge >= 0.3 is 0 Å². The second-order valence-corrected chi connectivity index (χ2v) is 6.11. The summed E-state index contributed by atoms with van der Waals surface area (Å²) in [5.74, 6) is 0.163. The van der Waals surface area contributed by atoms with Crippen molar-refractivity contribution in [1.82, 2.24) is 10.6 Å². The second-order valence-electron chi connectivity index (χ2n) is 6.11. The Hall–Kier alpha value is -1.35. The number of hydrogen-bond donors (Lipinski definition) is 2. The van der Waals surface area contributed by atoms with Crippen LogP contribution in [0.15, 0.2) is 18.2 Å². The lowest BCUT2D eigenvalue weighted by atomic mass is 10.0. The highest BCUT2D eigenvalue weighted by Crippen LogP contribution is 2.25. The van der Waals surface area contributed by atoms with Gasteiger partial charge in [0.1, 0.15) is 0 Å². The molecule has 1 heterocycles. The largest absolute Gasteiger partial charge is 0.355 e. The van der Waals surface area contributed by atoms with E-state index in [-0.39, 0.29) is 18.0 Å². The quantitative estimate of drug-likeness (QED) is 0.887. The van der Waals surface area contributed by atoms with Crippen molar-refractivity contribution < 1.29 is 4.79 Å². The SMILES string of the molecule is CC(NC1CCCCNC1=O)c1ccc2c(c1)CCC2. The minimum Gasteiger partial charge on any atom is -0.355 e. The van der Waals surface area contributed by atoms with E-state index in [1.807, 2.05) is 0 Å². The van der Waals surface area contributed by atoms with Gasteiger partial charge in [-0.2, -0.15) is 0 Å². The Balaban J connectivity index is 1.69. The van der Waals surface area contributed by atoms with E-state index in [4.69, 9.17) is 0 Å². The van der Waals surface area contributed by atoms with Crippen LogP contribution in [0.1, 0.15) is 55.3 Å². The fourth-order valence-electron chi connectivity index (χ4n) is 3.36. The third-order valence-corrected chi connectivity index (χ3v) is 4.61. The van der Waals surface area contributed by atoms with Crippen molar-refractivity contribution in [2.75, 3.05) is 6.54 Å². The summed E-state index contributed by atoms with van der Waals surface area (Å²) in [6.07, 6.45) is 6.87. The molecule has 20 heavy (non-hydrogen) atoms. The Kier molecular flexibility index (Phi) is 4.06. The van der Waals surface area contributed by atoms with Crippen LogP contribution in [0.4, 0.5) is 0 Å². The fourth-order valence-corrected chi connectivity index (χ4v) is 3.36. The molecule has 0 saturated carbocycles. The van der Waals surface area contributed by atoms with Gasteiger partial charge in [-0.1, -0.05) is 18.2 Å². The number of fused-ring (bicyclic) bond motifs is 1. The van der Waals surface area contributed by atoms with Gasteiger partial charge in [-0.05, 0) is 62.1 Å². The average Bonchev–Trinajstić information content (AvgIpc) is 2.83. The van der Waals surface area contributed by atoms with Gasteiger partial charge < -0.3 is 5.32 Å². The molecule has 1 aliphatic carbocycles. The van der Waals surface area contributed by atoms with Crippen molar-refractivity contribution in [3.63, 3.8) is 0 Å². The first kappa shape index (κ1) is 13.6. The molecule has 0 spiro atoms. The maximum Gasteiger partial charge on any atom is 0.237 e. The molecule has 3 nitrogen and oxygen atoms in total. The Bertz CT molecular complexity index is 498. The first-order valence-electron chi connectivity index (χ1n) is 7.89. The van der Waals surface area contributed by atoms with Crippen molar-refractivity contribution in [2.45, 2.75) is 57.5 Å². The van der Waals surface area contributed by atoms with Crippen LogP contribution in [0.2, 0.25) is 0 Å². The van der Waals surface area contributed by atoms with Crippen LogP contribution in [0, 0.1) is 0 Å². The number of rotatable bonds is 3. The molecule has 1 aromatic carbocycles. The standard InChI is InChI=1S/C17H24N2O/c1-12(19-16-7-2-3-10-18-17(16)20)14-9-8-13-5-4-6-15(13)11-14/h8-9,11-12,16,19H,2-7,10H2,1H3,(H,18,20). The molecule has 1 saturated heterocycles. The topological polar surface area (TPSA) is 41.1 Å². The molecule has 0 bridgehead atoms. The minimum atomic E-state index is -0.0410. The van der Waals surface area contributed by atoms with Crippen LogP contribution in [-0.4, -0.2) is 18.5 Å². The van der Waals surface area contributed by atoms with Crippen molar-refractivity contribution in [3.05, 3.63) is 34.9 Å². The van der Waals surface area contributed by atoms with E-state index in [1.165, 1.54) is 36.0 Å². The van der Waals surface area contributed by atoms with Crippen molar-refractivity contribution in [3.8, 4) is 0 Å². The lowest BCUT2D eigenvalue weighted by molar-refractivity contribution is -0.123. The van der Waals surface area contributed by atoms with E-state index >= 15 is 0 Å². The van der Waals surface area contributed by atoms with Crippen LogP contribution in [-0.2, 0) is 17.6 Å². The second kappa shape index (κ2) is 5.96. The Morgan fingerprint density at radius 1 is 1.20 bits per heavy atom. The lowest BCUT2D eigenvalue weighted by Crippen LogP contribution is -2.43. The highest BCUT2D eigenvalue weighted by atomic mass is 16.2. The molecule has 108 valence electrons. The smallest absolute Gasteiger partial charge is 0.237 e. The van der Waals surface area contributed by atoms with Crippen molar-refractivity contribution in [2.24, 2.45) is 0 Å². The maximum absolute atomic E-state index is 12.0. The number of hydrogen-bond acceptors (Lipinski definition) is 2. The molecule has 1 aromatic rings. The van der Waals surface area contributed by atoms with Crippen LogP contribution < -0.4 is 10.6 Å². The highest BCUT2D eigenvalue weighted by molar-refractivity contribution is 5.81. The Labute approximate surface area is 121 Å².